The molecule has 6 nitrogen and oxygen atoms in total. The summed E-state index contributed by atoms with van der Waals surface area (Å²) in [6.07, 6.45) is 4.86. The molecule has 2 N–H and O–H groups in total. The smallest absolute Gasteiger partial charge is 0.272 e. The number of hydrogen-bond acceptors (Lipinski definition) is 5. The summed E-state index contributed by atoms with van der Waals surface area (Å²) in [4.78, 5) is 38.4. The van der Waals surface area contributed by atoms with E-state index >= 15 is 0 Å². The van der Waals surface area contributed by atoms with E-state index in [-0.39, 0.29) is 11.5 Å². The van der Waals surface area contributed by atoms with Gasteiger partial charge in [0.1, 0.15) is 11.4 Å². The van der Waals surface area contributed by atoms with E-state index in [2.05, 4.69) is 10.6 Å². The standard InChI is InChI=1S/C30H24N2O4S/c1-36-26-9-5-6-22(18-26)19-27(32-29(34)24-7-3-2-4-8-24)30(35)31-25-13-11-23(12-14-25)28(33)15-10-21-16-17-37-20-21/h2-20H,1H3,(H,31,35)(H,32,34)/b15-10+,27-19-. The van der Waals surface area contributed by atoms with Crippen LogP contribution in [0, 0.1) is 0 Å². The van der Waals surface area contributed by atoms with Gasteiger partial charge in [0.15, 0.2) is 5.78 Å². The van der Waals surface area contributed by atoms with Crippen LogP contribution in [0.15, 0.2) is 107 Å². The van der Waals surface area contributed by atoms with Crippen LogP contribution >= 0.6 is 11.3 Å². The molecule has 1 heterocycles. The molecule has 0 aliphatic carbocycles. The maximum atomic E-state index is 13.2. The number of carbonyl (C=O) groups excluding carboxylic acids is 3. The van der Waals surface area contributed by atoms with Crippen LogP contribution in [-0.2, 0) is 4.79 Å². The Bertz CT molecular complexity index is 1440. The average molecular weight is 509 g/mol. The highest BCUT2D eigenvalue weighted by Crippen LogP contribution is 2.17. The van der Waals surface area contributed by atoms with E-state index in [4.69, 9.17) is 4.74 Å². The van der Waals surface area contributed by atoms with Gasteiger partial charge >= 0.3 is 0 Å². The minimum atomic E-state index is -0.511. The average Bonchev–Trinajstić information content (AvgIpc) is 3.46. The number of methoxy groups -OCH3 is 1. The number of carbonyl (C=O) groups is 3. The van der Waals surface area contributed by atoms with Crippen molar-refractivity contribution in [3.05, 3.63) is 130 Å². The number of nitrogens with one attached hydrogen (secondary N) is 2. The summed E-state index contributed by atoms with van der Waals surface area (Å²) in [6.45, 7) is 0. The second-order valence-corrected chi connectivity index (χ2v) is 8.72. The molecule has 0 fully saturated rings. The molecule has 1 aromatic heterocycles. The lowest BCUT2D eigenvalue weighted by atomic mass is 10.1. The molecule has 184 valence electrons. The van der Waals surface area contributed by atoms with Gasteiger partial charge in [0.05, 0.1) is 7.11 Å². The fourth-order valence-corrected chi connectivity index (χ4v) is 4.02. The molecule has 0 saturated heterocycles. The number of benzene rings is 3. The van der Waals surface area contributed by atoms with Gasteiger partial charge in [0, 0.05) is 16.8 Å². The van der Waals surface area contributed by atoms with Crippen LogP contribution in [0.5, 0.6) is 5.75 Å². The second-order valence-electron chi connectivity index (χ2n) is 7.94. The summed E-state index contributed by atoms with van der Waals surface area (Å²) in [5.41, 5.74) is 3.10. The van der Waals surface area contributed by atoms with Crippen LogP contribution in [0.2, 0.25) is 0 Å². The first-order valence-corrected chi connectivity index (χ1v) is 12.3. The van der Waals surface area contributed by atoms with Crippen molar-refractivity contribution in [1.82, 2.24) is 5.32 Å². The van der Waals surface area contributed by atoms with Crippen LogP contribution in [0.25, 0.3) is 12.2 Å². The largest absolute Gasteiger partial charge is 0.497 e. The molecule has 2 amide bonds. The number of ether oxygens (including phenoxy) is 1. The number of anilines is 1. The lowest BCUT2D eigenvalue weighted by Gasteiger charge is -2.12. The van der Waals surface area contributed by atoms with Crippen molar-refractivity contribution in [2.75, 3.05) is 12.4 Å². The Balaban J connectivity index is 1.52. The fraction of sp³-hybridized carbons (Fsp3) is 0.0333. The molecule has 37 heavy (non-hydrogen) atoms. The predicted molar refractivity (Wildman–Crippen MR) is 148 cm³/mol. The molecule has 0 aliphatic heterocycles. The number of hydrogen-bond donors (Lipinski definition) is 2. The topological polar surface area (TPSA) is 84.5 Å². The molecule has 0 atom stereocenters. The van der Waals surface area contributed by atoms with Crippen LogP contribution < -0.4 is 15.4 Å². The van der Waals surface area contributed by atoms with Gasteiger partial charge in [-0.2, -0.15) is 11.3 Å². The summed E-state index contributed by atoms with van der Waals surface area (Å²) in [6, 6.07) is 24.3. The van der Waals surface area contributed by atoms with E-state index in [0.29, 0.717) is 28.1 Å². The number of amides is 2. The molecule has 7 heteroatoms. The van der Waals surface area contributed by atoms with Crippen LogP contribution in [0.3, 0.4) is 0 Å². The third kappa shape index (κ3) is 7.13. The zero-order valence-corrected chi connectivity index (χ0v) is 20.8. The lowest BCUT2D eigenvalue weighted by molar-refractivity contribution is -0.113. The Kier molecular flexibility index (Phi) is 8.41. The second kappa shape index (κ2) is 12.3. The summed E-state index contributed by atoms with van der Waals surface area (Å²) in [5.74, 6) is -0.444. The van der Waals surface area contributed by atoms with E-state index in [1.54, 1.807) is 103 Å². The Morgan fingerprint density at radius 1 is 0.838 bits per heavy atom. The Labute approximate surface area is 218 Å². The Morgan fingerprint density at radius 3 is 2.32 bits per heavy atom. The van der Waals surface area contributed by atoms with Crippen LogP contribution in [0.1, 0.15) is 31.8 Å². The van der Waals surface area contributed by atoms with Gasteiger partial charge in [-0.05, 0) is 88.6 Å². The fourth-order valence-electron chi connectivity index (χ4n) is 3.39. The molecular formula is C30H24N2O4S. The first kappa shape index (κ1) is 25.3. The van der Waals surface area contributed by atoms with Gasteiger partial charge in [0.25, 0.3) is 11.8 Å². The van der Waals surface area contributed by atoms with Crippen LogP contribution in [-0.4, -0.2) is 24.7 Å². The van der Waals surface area contributed by atoms with E-state index in [1.165, 1.54) is 6.08 Å². The molecule has 0 radical (unpaired) electrons. The first-order chi connectivity index (χ1) is 18.0. The predicted octanol–water partition coefficient (Wildman–Crippen LogP) is 6.06. The zero-order valence-electron chi connectivity index (χ0n) is 20.0. The molecular weight excluding hydrogens is 484 g/mol. The lowest BCUT2D eigenvalue weighted by Crippen LogP contribution is -2.30. The van der Waals surface area contributed by atoms with Gasteiger partial charge in [-0.25, -0.2) is 0 Å². The van der Waals surface area contributed by atoms with Gasteiger partial charge in [-0.1, -0.05) is 36.4 Å². The quantitative estimate of drug-likeness (QED) is 0.213. The maximum Gasteiger partial charge on any atom is 0.272 e. The molecule has 0 aliphatic rings. The van der Waals surface area contributed by atoms with Crippen molar-refractivity contribution < 1.29 is 19.1 Å². The molecule has 0 bridgehead atoms. The molecule has 4 rings (SSSR count). The number of allylic oxidation sites excluding steroid dienone is 1. The Morgan fingerprint density at radius 2 is 1.62 bits per heavy atom. The van der Waals surface area contributed by atoms with Gasteiger partial charge in [0.2, 0.25) is 0 Å². The van der Waals surface area contributed by atoms with Crippen molar-refractivity contribution in [2.24, 2.45) is 0 Å². The molecule has 3 aromatic carbocycles. The van der Waals surface area contributed by atoms with Crippen LogP contribution in [0.4, 0.5) is 5.69 Å². The van der Waals surface area contributed by atoms with Gasteiger partial charge in [-0.15, -0.1) is 0 Å². The molecule has 0 unspecified atom stereocenters. The van der Waals surface area contributed by atoms with Crippen molar-refractivity contribution in [3.8, 4) is 5.75 Å². The van der Waals surface area contributed by atoms with Crippen molar-refractivity contribution >= 4 is 46.8 Å². The molecule has 0 spiro atoms. The monoisotopic (exact) mass is 508 g/mol. The highest BCUT2D eigenvalue weighted by Gasteiger charge is 2.15. The summed E-state index contributed by atoms with van der Waals surface area (Å²) >= 11 is 1.56. The summed E-state index contributed by atoms with van der Waals surface area (Å²) < 4.78 is 5.26. The third-order valence-corrected chi connectivity index (χ3v) is 6.03. The van der Waals surface area contributed by atoms with E-state index < -0.39 is 11.8 Å². The number of thiophene rings is 1. The van der Waals surface area contributed by atoms with Crippen molar-refractivity contribution in [3.63, 3.8) is 0 Å². The highest BCUT2D eigenvalue weighted by atomic mass is 32.1. The van der Waals surface area contributed by atoms with Crippen molar-refractivity contribution in [2.45, 2.75) is 0 Å². The van der Waals surface area contributed by atoms with Crippen molar-refractivity contribution in [1.29, 1.82) is 0 Å². The summed E-state index contributed by atoms with van der Waals surface area (Å²) in [7, 11) is 1.56. The Hall–Kier alpha value is -4.75. The maximum absolute atomic E-state index is 13.2. The molecule has 0 saturated carbocycles. The number of ketones is 1. The van der Waals surface area contributed by atoms with Gasteiger partial charge in [-0.3, -0.25) is 14.4 Å². The van der Waals surface area contributed by atoms with Gasteiger partial charge < -0.3 is 15.4 Å². The SMILES string of the molecule is COc1cccc(/C=C(\NC(=O)c2ccccc2)C(=O)Nc2ccc(C(=O)/C=C/c3ccsc3)cc2)c1. The van der Waals surface area contributed by atoms with E-state index in [1.807, 2.05) is 22.9 Å². The minimum absolute atomic E-state index is 0.0564. The third-order valence-electron chi connectivity index (χ3n) is 5.33. The first-order valence-electron chi connectivity index (χ1n) is 11.4. The zero-order chi connectivity index (χ0) is 26.0. The minimum Gasteiger partial charge on any atom is -0.497 e. The molecule has 4 aromatic rings. The highest BCUT2D eigenvalue weighted by molar-refractivity contribution is 7.08. The summed E-state index contributed by atoms with van der Waals surface area (Å²) in [5, 5.41) is 9.39. The van der Waals surface area contributed by atoms with E-state index in [9.17, 15) is 14.4 Å². The normalized spacial score (nSPS) is 11.2. The van der Waals surface area contributed by atoms with E-state index in [0.717, 1.165) is 5.56 Å². The number of rotatable bonds is 9.